The number of aromatic nitrogens is 2. The van der Waals surface area contributed by atoms with Crippen LogP contribution in [0.4, 0.5) is 4.39 Å². The van der Waals surface area contributed by atoms with Gasteiger partial charge in [0.25, 0.3) is 5.91 Å². The van der Waals surface area contributed by atoms with Gasteiger partial charge in [0, 0.05) is 24.5 Å². The van der Waals surface area contributed by atoms with Gasteiger partial charge in [0.1, 0.15) is 23.4 Å². The smallest absolute Gasteiger partial charge is 0.258 e. The van der Waals surface area contributed by atoms with Crippen LogP contribution < -0.4 is 10.1 Å². The molecule has 0 unspecified atom stereocenters. The fourth-order valence-electron chi connectivity index (χ4n) is 3.10. The van der Waals surface area contributed by atoms with E-state index in [2.05, 4.69) is 10.3 Å². The lowest BCUT2D eigenvalue weighted by molar-refractivity contribution is -0.123. The summed E-state index contributed by atoms with van der Waals surface area (Å²) in [6, 6.07) is 9.06. The molecule has 1 N–H and O–H groups in total. The highest BCUT2D eigenvalue weighted by atomic mass is 35.5. The Bertz CT molecular complexity index is 980. The van der Waals surface area contributed by atoms with Gasteiger partial charge in [-0.1, -0.05) is 23.7 Å². The molecule has 0 spiro atoms. The van der Waals surface area contributed by atoms with Crippen LogP contribution in [0.1, 0.15) is 28.6 Å². The lowest BCUT2D eigenvalue weighted by Crippen LogP contribution is -2.34. The van der Waals surface area contributed by atoms with Gasteiger partial charge in [-0.2, -0.15) is 0 Å². The van der Waals surface area contributed by atoms with Crippen molar-refractivity contribution in [2.75, 3.05) is 6.61 Å². The molecule has 0 bridgehead atoms. The van der Waals surface area contributed by atoms with Gasteiger partial charge in [0.05, 0.1) is 0 Å². The Labute approximate surface area is 168 Å². The molecule has 0 aliphatic heterocycles. The van der Waals surface area contributed by atoms with Crippen LogP contribution in [0.5, 0.6) is 5.75 Å². The van der Waals surface area contributed by atoms with E-state index in [0.717, 1.165) is 11.1 Å². The lowest BCUT2D eigenvalue weighted by atomic mass is 10.1. The Hall–Kier alpha value is -2.86. The first-order valence-electron chi connectivity index (χ1n) is 8.76. The van der Waals surface area contributed by atoms with Crippen LogP contribution >= 0.6 is 11.6 Å². The summed E-state index contributed by atoms with van der Waals surface area (Å²) in [6.07, 6.45) is 3.40. The monoisotopic (exact) mass is 401 g/mol. The Morgan fingerprint density at radius 2 is 2.00 bits per heavy atom. The van der Waals surface area contributed by atoms with Crippen molar-refractivity contribution >= 4 is 17.5 Å². The predicted octanol–water partition coefficient (Wildman–Crippen LogP) is 4.11. The van der Waals surface area contributed by atoms with Gasteiger partial charge in [-0.25, -0.2) is 9.37 Å². The third-order valence-electron chi connectivity index (χ3n) is 4.38. The Kier molecular flexibility index (Phi) is 5.99. The number of imidazole rings is 1. The third-order valence-corrected chi connectivity index (χ3v) is 4.59. The molecule has 3 aromatic rings. The van der Waals surface area contributed by atoms with Crippen molar-refractivity contribution in [2.24, 2.45) is 7.05 Å². The Balaban J connectivity index is 1.78. The van der Waals surface area contributed by atoms with Gasteiger partial charge < -0.3 is 14.6 Å². The van der Waals surface area contributed by atoms with Crippen molar-refractivity contribution in [1.82, 2.24) is 14.9 Å². The summed E-state index contributed by atoms with van der Waals surface area (Å²) in [5, 5.41) is 3.50. The number of aryl methyl sites for hydroxylation is 3. The SMILES string of the molecule is Cc1cc(Cl)cc(C)c1OCC(=O)N[C@@H](c1cccc(F)c1)c1nccn1C. The number of carbonyl (C=O) groups excluding carboxylic acids is 1. The van der Waals surface area contributed by atoms with E-state index in [1.165, 1.54) is 12.1 Å². The maximum absolute atomic E-state index is 13.7. The van der Waals surface area contributed by atoms with Crippen LogP contribution in [0, 0.1) is 19.7 Å². The maximum Gasteiger partial charge on any atom is 0.258 e. The average molecular weight is 402 g/mol. The number of nitrogens with one attached hydrogen (secondary N) is 1. The van der Waals surface area contributed by atoms with Gasteiger partial charge in [-0.05, 0) is 54.8 Å². The molecule has 28 heavy (non-hydrogen) atoms. The van der Waals surface area contributed by atoms with E-state index in [1.807, 2.05) is 20.9 Å². The summed E-state index contributed by atoms with van der Waals surface area (Å²) in [5.41, 5.74) is 2.30. The molecule has 1 amide bonds. The molecule has 2 aromatic carbocycles. The number of ether oxygens (including phenoxy) is 1. The van der Waals surface area contributed by atoms with E-state index in [1.54, 1.807) is 41.2 Å². The minimum Gasteiger partial charge on any atom is -0.483 e. The highest BCUT2D eigenvalue weighted by Crippen LogP contribution is 2.27. The standard InChI is InChI=1S/C21H21ClFN3O2/c1-13-9-16(22)10-14(2)20(13)28-12-18(27)25-19(21-24-7-8-26(21)3)15-5-4-6-17(23)11-15/h4-11,19H,12H2,1-3H3,(H,25,27)/t19-/m0/s1. The fourth-order valence-corrected chi connectivity index (χ4v) is 3.43. The number of carbonyl (C=O) groups is 1. The molecule has 0 saturated carbocycles. The van der Waals surface area contributed by atoms with Crippen molar-refractivity contribution in [1.29, 1.82) is 0 Å². The largest absolute Gasteiger partial charge is 0.483 e. The molecule has 1 aromatic heterocycles. The summed E-state index contributed by atoms with van der Waals surface area (Å²) in [5.74, 6) is 0.497. The summed E-state index contributed by atoms with van der Waals surface area (Å²) >= 11 is 6.03. The van der Waals surface area contributed by atoms with E-state index >= 15 is 0 Å². The van der Waals surface area contributed by atoms with E-state index in [9.17, 15) is 9.18 Å². The molecule has 7 heteroatoms. The van der Waals surface area contributed by atoms with Gasteiger partial charge in [-0.3, -0.25) is 4.79 Å². The van der Waals surface area contributed by atoms with Crippen LogP contribution in [0.25, 0.3) is 0 Å². The molecular formula is C21H21ClFN3O2. The minimum absolute atomic E-state index is 0.181. The molecule has 146 valence electrons. The number of amides is 1. The summed E-state index contributed by atoms with van der Waals surface area (Å²) in [4.78, 5) is 16.9. The third kappa shape index (κ3) is 4.51. The highest BCUT2D eigenvalue weighted by Gasteiger charge is 2.21. The summed E-state index contributed by atoms with van der Waals surface area (Å²) in [6.45, 7) is 3.56. The Morgan fingerprint density at radius 3 is 2.61 bits per heavy atom. The summed E-state index contributed by atoms with van der Waals surface area (Å²) in [7, 11) is 1.82. The topological polar surface area (TPSA) is 56.1 Å². The molecule has 0 aliphatic carbocycles. The van der Waals surface area contributed by atoms with Gasteiger partial charge in [0.15, 0.2) is 6.61 Å². The molecule has 3 rings (SSSR count). The van der Waals surface area contributed by atoms with Gasteiger partial charge in [-0.15, -0.1) is 0 Å². The van der Waals surface area contributed by atoms with E-state index in [4.69, 9.17) is 16.3 Å². The molecule has 0 saturated heterocycles. The molecule has 5 nitrogen and oxygen atoms in total. The van der Waals surface area contributed by atoms with Crippen LogP contribution in [0.3, 0.4) is 0 Å². The zero-order valence-corrected chi connectivity index (χ0v) is 16.6. The molecule has 0 radical (unpaired) electrons. The van der Waals surface area contributed by atoms with Crippen molar-refractivity contribution in [3.05, 3.63) is 82.1 Å². The van der Waals surface area contributed by atoms with Crippen LogP contribution in [0.2, 0.25) is 5.02 Å². The second kappa shape index (κ2) is 8.44. The van der Waals surface area contributed by atoms with Crippen LogP contribution in [-0.4, -0.2) is 22.1 Å². The quantitative estimate of drug-likeness (QED) is 0.676. The van der Waals surface area contributed by atoms with Crippen LogP contribution in [0.15, 0.2) is 48.8 Å². The van der Waals surface area contributed by atoms with Crippen molar-refractivity contribution in [3.8, 4) is 5.75 Å². The molecular weight excluding hydrogens is 381 g/mol. The van der Waals surface area contributed by atoms with Gasteiger partial charge >= 0.3 is 0 Å². The number of halogens is 2. The van der Waals surface area contributed by atoms with E-state index in [0.29, 0.717) is 22.2 Å². The van der Waals surface area contributed by atoms with Crippen molar-refractivity contribution in [3.63, 3.8) is 0 Å². The summed E-state index contributed by atoms with van der Waals surface area (Å²) < 4.78 is 21.2. The number of benzene rings is 2. The zero-order chi connectivity index (χ0) is 20.3. The highest BCUT2D eigenvalue weighted by molar-refractivity contribution is 6.30. The Morgan fingerprint density at radius 1 is 1.29 bits per heavy atom. The zero-order valence-electron chi connectivity index (χ0n) is 15.9. The van der Waals surface area contributed by atoms with Crippen molar-refractivity contribution in [2.45, 2.75) is 19.9 Å². The van der Waals surface area contributed by atoms with E-state index in [-0.39, 0.29) is 18.3 Å². The first-order valence-corrected chi connectivity index (χ1v) is 9.14. The molecule has 0 fully saturated rings. The second-order valence-electron chi connectivity index (χ2n) is 6.61. The van der Waals surface area contributed by atoms with Crippen molar-refractivity contribution < 1.29 is 13.9 Å². The first-order chi connectivity index (χ1) is 13.3. The normalized spacial score (nSPS) is 11.9. The number of hydrogen-bond donors (Lipinski definition) is 1. The predicted molar refractivity (Wildman–Crippen MR) is 106 cm³/mol. The average Bonchev–Trinajstić information content (AvgIpc) is 3.04. The fraction of sp³-hybridized carbons (Fsp3) is 0.238. The number of rotatable bonds is 6. The van der Waals surface area contributed by atoms with E-state index < -0.39 is 6.04 Å². The molecule has 1 atom stereocenters. The molecule has 0 aliphatic rings. The number of nitrogens with zero attached hydrogens (tertiary/aromatic N) is 2. The maximum atomic E-state index is 13.7. The lowest BCUT2D eigenvalue weighted by Gasteiger charge is -2.20. The minimum atomic E-state index is -0.598. The second-order valence-corrected chi connectivity index (χ2v) is 7.05. The number of hydrogen-bond acceptors (Lipinski definition) is 3. The van der Waals surface area contributed by atoms with Crippen LogP contribution in [-0.2, 0) is 11.8 Å². The molecule has 1 heterocycles. The first kappa shape index (κ1) is 19.9. The van der Waals surface area contributed by atoms with Gasteiger partial charge in [0.2, 0.25) is 0 Å².